The van der Waals surface area contributed by atoms with E-state index in [1.165, 1.54) is 6.20 Å². The summed E-state index contributed by atoms with van der Waals surface area (Å²) in [7, 11) is -4.25. The van der Waals surface area contributed by atoms with Gasteiger partial charge in [-0.05, 0) is 55.6 Å². The lowest BCUT2D eigenvalue weighted by Crippen LogP contribution is -2.31. The minimum Gasteiger partial charge on any atom is -0.435 e. The van der Waals surface area contributed by atoms with Crippen LogP contribution >= 0.6 is 0 Å². The molecule has 40 heavy (non-hydrogen) atoms. The normalized spacial score (nSPS) is 15.5. The summed E-state index contributed by atoms with van der Waals surface area (Å²) in [6, 6.07) is 13.5. The van der Waals surface area contributed by atoms with E-state index in [0.717, 1.165) is 25.9 Å². The fraction of sp³-hybridized carbons (Fsp3) is 0.250. The Balaban J connectivity index is 1.38. The fourth-order valence-corrected chi connectivity index (χ4v) is 5.70. The van der Waals surface area contributed by atoms with Crippen molar-refractivity contribution >= 4 is 15.7 Å². The number of pyridine rings is 1. The zero-order valence-electron chi connectivity index (χ0n) is 21.3. The molecule has 8 nitrogen and oxygen atoms in total. The molecule has 2 N–H and O–H groups in total. The van der Waals surface area contributed by atoms with Crippen molar-refractivity contribution in [2.24, 2.45) is 5.92 Å². The Morgan fingerprint density at radius 3 is 2.60 bits per heavy atom. The highest BCUT2D eigenvalue weighted by Gasteiger charge is 2.25. The van der Waals surface area contributed by atoms with Crippen LogP contribution in [0, 0.1) is 23.4 Å². The minimum atomic E-state index is -4.25. The number of nitrogens with zero attached hydrogens (tertiary/aromatic N) is 3. The molecule has 0 spiro atoms. The first-order valence-corrected chi connectivity index (χ1v) is 14.3. The van der Waals surface area contributed by atoms with Gasteiger partial charge in [0.2, 0.25) is 21.7 Å². The van der Waals surface area contributed by atoms with Crippen molar-refractivity contribution in [1.29, 1.82) is 0 Å². The van der Waals surface area contributed by atoms with Crippen LogP contribution in [0.5, 0.6) is 11.6 Å². The van der Waals surface area contributed by atoms with Gasteiger partial charge in [0.05, 0.1) is 17.0 Å². The maximum atomic E-state index is 15.0. The van der Waals surface area contributed by atoms with Crippen LogP contribution in [-0.4, -0.2) is 36.5 Å². The second-order valence-electron chi connectivity index (χ2n) is 9.44. The predicted octanol–water partition coefficient (Wildman–Crippen LogP) is 5.23. The molecule has 12 heteroatoms. The quantitative estimate of drug-likeness (QED) is 0.266. The van der Waals surface area contributed by atoms with Gasteiger partial charge in [-0.2, -0.15) is 4.39 Å². The van der Waals surface area contributed by atoms with Gasteiger partial charge in [0, 0.05) is 24.9 Å². The van der Waals surface area contributed by atoms with Gasteiger partial charge in [-0.1, -0.05) is 30.3 Å². The number of rotatable bonds is 9. The number of anilines is 1. The molecule has 208 valence electrons. The van der Waals surface area contributed by atoms with Gasteiger partial charge in [-0.3, -0.25) is 4.72 Å². The first-order chi connectivity index (χ1) is 19.3. The smallest absolute Gasteiger partial charge is 0.237 e. The first-order valence-electron chi connectivity index (χ1n) is 12.7. The second kappa shape index (κ2) is 12.0. The average Bonchev–Trinajstić information content (AvgIpc) is 2.95. The first kappa shape index (κ1) is 27.5. The molecule has 2 aromatic heterocycles. The number of nitrogens with one attached hydrogen (secondary N) is 2. The number of halogens is 3. The molecule has 1 atom stereocenters. The van der Waals surface area contributed by atoms with Crippen molar-refractivity contribution in [3.8, 4) is 22.9 Å². The van der Waals surface area contributed by atoms with Crippen molar-refractivity contribution in [2.45, 2.75) is 25.0 Å². The van der Waals surface area contributed by atoms with Crippen LogP contribution in [0.15, 0.2) is 67.0 Å². The molecule has 1 aliphatic rings. The molecule has 0 saturated carbocycles. The van der Waals surface area contributed by atoms with Crippen molar-refractivity contribution in [3.63, 3.8) is 0 Å². The van der Waals surface area contributed by atoms with Crippen LogP contribution in [0.2, 0.25) is 0 Å². The number of hydrogen-bond acceptors (Lipinski definition) is 7. The Labute approximate surface area is 229 Å². The summed E-state index contributed by atoms with van der Waals surface area (Å²) in [5.74, 6) is -5.15. The zero-order valence-corrected chi connectivity index (χ0v) is 22.1. The van der Waals surface area contributed by atoms with Crippen molar-refractivity contribution in [2.75, 3.05) is 17.8 Å². The molecule has 0 unspecified atom stereocenters. The Bertz CT molecular complexity index is 1600. The predicted molar refractivity (Wildman–Crippen MR) is 144 cm³/mol. The molecule has 1 fully saturated rings. The molecule has 1 aliphatic heterocycles. The number of piperidine rings is 1. The van der Waals surface area contributed by atoms with Gasteiger partial charge >= 0.3 is 0 Å². The largest absolute Gasteiger partial charge is 0.435 e. The number of hydrogen-bond donors (Lipinski definition) is 2. The van der Waals surface area contributed by atoms with E-state index in [2.05, 4.69) is 20.3 Å². The lowest BCUT2D eigenvalue weighted by atomic mass is 9.96. The van der Waals surface area contributed by atoms with E-state index < -0.39 is 44.7 Å². The molecule has 3 heterocycles. The maximum Gasteiger partial charge on any atom is 0.237 e. The van der Waals surface area contributed by atoms with Crippen LogP contribution in [-0.2, 0) is 22.2 Å². The SMILES string of the molecule is O=S(=O)(Cc1ccccc1)Nc1c(F)cc(Oc2ncccc2-c2ccnc(C[C@@H]3CCCNC3)n2)c(F)c1F. The van der Waals surface area contributed by atoms with E-state index in [1.54, 1.807) is 59.4 Å². The highest BCUT2D eigenvalue weighted by molar-refractivity contribution is 7.91. The summed E-state index contributed by atoms with van der Waals surface area (Å²) in [6.45, 7) is 1.87. The molecule has 4 aromatic rings. The van der Waals surface area contributed by atoms with E-state index in [1.807, 2.05) is 0 Å². The fourth-order valence-electron chi connectivity index (χ4n) is 4.50. The van der Waals surface area contributed by atoms with Crippen molar-refractivity contribution in [3.05, 3.63) is 95.8 Å². The summed E-state index contributed by atoms with van der Waals surface area (Å²) in [5.41, 5.74) is 0.0613. The van der Waals surface area contributed by atoms with Crippen LogP contribution in [0.4, 0.5) is 18.9 Å². The zero-order chi connectivity index (χ0) is 28.1. The van der Waals surface area contributed by atoms with Gasteiger partial charge in [0.1, 0.15) is 11.5 Å². The summed E-state index contributed by atoms with van der Waals surface area (Å²) in [6.07, 6.45) is 5.80. The summed E-state index contributed by atoms with van der Waals surface area (Å²) < 4.78 is 77.2. The Kier molecular flexibility index (Phi) is 8.27. The summed E-state index contributed by atoms with van der Waals surface area (Å²) in [4.78, 5) is 13.1. The van der Waals surface area contributed by atoms with E-state index in [-0.39, 0.29) is 5.88 Å². The minimum absolute atomic E-state index is 0.137. The number of ether oxygens (including phenoxy) is 1. The monoisotopic (exact) mass is 569 g/mol. The summed E-state index contributed by atoms with van der Waals surface area (Å²) >= 11 is 0. The van der Waals surface area contributed by atoms with Crippen LogP contribution in [0.1, 0.15) is 24.2 Å². The van der Waals surface area contributed by atoms with Gasteiger partial charge in [0.15, 0.2) is 17.4 Å². The molecule has 5 rings (SSSR count). The van der Waals surface area contributed by atoms with Crippen LogP contribution < -0.4 is 14.8 Å². The number of benzene rings is 2. The second-order valence-corrected chi connectivity index (χ2v) is 11.2. The van der Waals surface area contributed by atoms with E-state index in [9.17, 15) is 17.2 Å². The van der Waals surface area contributed by atoms with Gasteiger partial charge in [-0.25, -0.2) is 32.2 Å². The molecule has 0 aliphatic carbocycles. The third-order valence-electron chi connectivity index (χ3n) is 6.41. The third kappa shape index (κ3) is 6.57. The van der Waals surface area contributed by atoms with Gasteiger partial charge in [-0.15, -0.1) is 0 Å². The van der Waals surface area contributed by atoms with E-state index >= 15 is 4.39 Å². The molecule has 0 amide bonds. The average molecular weight is 570 g/mol. The number of aromatic nitrogens is 3. The molecule has 0 bridgehead atoms. The standard InChI is InChI=1S/C28H26F3N5O3S/c29-21-15-23(25(30)26(31)27(21)36-40(37,38)17-18-6-2-1-3-7-18)39-28-20(9-5-12-34-28)22-10-13-33-24(35-22)14-19-8-4-11-32-16-19/h1-3,5-7,9-10,12-13,15,19,32,36H,4,8,11,14,16-17H2/t19-/m0/s1. The highest BCUT2D eigenvalue weighted by atomic mass is 32.2. The van der Waals surface area contributed by atoms with Gasteiger partial charge < -0.3 is 10.1 Å². The Hall–Kier alpha value is -4.03. The molecular formula is C28H26F3N5O3S. The van der Waals surface area contributed by atoms with E-state index in [4.69, 9.17) is 4.74 Å². The lowest BCUT2D eigenvalue weighted by Gasteiger charge is -2.22. The lowest BCUT2D eigenvalue weighted by molar-refractivity contribution is 0.370. The molecule has 2 aromatic carbocycles. The molecule has 0 radical (unpaired) electrons. The third-order valence-corrected chi connectivity index (χ3v) is 7.64. The Morgan fingerprint density at radius 2 is 1.82 bits per heavy atom. The highest BCUT2D eigenvalue weighted by Crippen LogP contribution is 2.35. The summed E-state index contributed by atoms with van der Waals surface area (Å²) in [5, 5.41) is 3.36. The van der Waals surface area contributed by atoms with Crippen LogP contribution in [0.3, 0.4) is 0 Å². The number of sulfonamides is 1. The van der Waals surface area contributed by atoms with Crippen LogP contribution in [0.25, 0.3) is 11.3 Å². The topological polar surface area (TPSA) is 106 Å². The van der Waals surface area contributed by atoms with E-state index in [0.29, 0.717) is 41.1 Å². The maximum absolute atomic E-state index is 15.0. The Morgan fingerprint density at radius 1 is 1.00 bits per heavy atom. The molecule has 1 saturated heterocycles. The van der Waals surface area contributed by atoms with Crippen molar-refractivity contribution < 1.29 is 26.3 Å². The van der Waals surface area contributed by atoms with Crippen molar-refractivity contribution in [1.82, 2.24) is 20.3 Å². The molecular weight excluding hydrogens is 543 g/mol. The van der Waals surface area contributed by atoms with Gasteiger partial charge in [0.25, 0.3) is 0 Å².